The SMILES string of the molecule is CC(C(=O)O)C(=O)N(Nc1ccccc1)c1ccccc1. The number of nitrogens with zero attached hydrogens (tertiary/aromatic N) is 1. The summed E-state index contributed by atoms with van der Waals surface area (Å²) in [5.74, 6) is -2.82. The summed E-state index contributed by atoms with van der Waals surface area (Å²) in [7, 11) is 0. The largest absolute Gasteiger partial charge is 0.481 e. The molecule has 0 aliphatic carbocycles. The molecule has 0 aliphatic heterocycles. The Balaban J connectivity index is 2.31. The van der Waals surface area contributed by atoms with Crippen molar-refractivity contribution in [1.82, 2.24) is 0 Å². The highest BCUT2D eigenvalue weighted by atomic mass is 16.4. The van der Waals surface area contributed by atoms with Crippen molar-refractivity contribution in [3.05, 3.63) is 60.7 Å². The topological polar surface area (TPSA) is 69.6 Å². The van der Waals surface area contributed by atoms with Crippen LogP contribution in [0.2, 0.25) is 0 Å². The van der Waals surface area contributed by atoms with Gasteiger partial charge in [0.05, 0.1) is 11.4 Å². The summed E-state index contributed by atoms with van der Waals surface area (Å²) in [5, 5.41) is 10.3. The van der Waals surface area contributed by atoms with E-state index in [0.29, 0.717) is 11.4 Å². The predicted octanol–water partition coefficient (Wildman–Crippen LogP) is 2.77. The zero-order valence-electron chi connectivity index (χ0n) is 11.6. The van der Waals surface area contributed by atoms with Gasteiger partial charge in [0.1, 0.15) is 5.92 Å². The summed E-state index contributed by atoms with van der Waals surface area (Å²) in [4.78, 5) is 23.4. The molecule has 0 radical (unpaired) electrons. The first kappa shape index (κ1) is 14.6. The van der Waals surface area contributed by atoms with E-state index in [0.717, 1.165) is 0 Å². The van der Waals surface area contributed by atoms with Crippen LogP contribution in [0.25, 0.3) is 0 Å². The minimum absolute atomic E-state index is 0.530. The van der Waals surface area contributed by atoms with Crippen LogP contribution in [0, 0.1) is 5.92 Å². The number of amides is 1. The van der Waals surface area contributed by atoms with Crippen LogP contribution in [0.4, 0.5) is 11.4 Å². The van der Waals surface area contributed by atoms with Gasteiger partial charge in [-0.1, -0.05) is 36.4 Å². The predicted molar refractivity (Wildman–Crippen MR) is 80.8 cm³/mol. The molecule has 2 rings (SSSR count). The minimum atomic E-state index is -1.16. The lowest BCUT2D eigenvalue weighted by atomic mass is 10.1. The van der Waals surface area contributed by atoms with Gasteiger partial charge in [-0.25, -0.2) is 5.01 Å². The fraction of sp³-hybridized carbons (Fsp3) is 0.125. The number of benzene rings is 2. The second-order valence-corrected chi connectivity index (χ2v) is 4.55. The molecule has 2 N–H and O–H groups in total. The molecule has 1 amide bonds. The van der Waals surface area contributed by atoms with Crippen LogP contribution in [0.3, 0.4) is 0 Å². The molecule has 21 heavy (non-hydrogen) atoms. The molecule has 2 aromatic carbocycles. The molecule has 0 fully saturated rings. The van der Waals surface area contributed by atoms with Gasteiger partial charge in [0.15, 0.2) is 0 Å². The minimum Gasteiger partial charge on any atom is -0.481 e. The van der Waals surface area contributed by atoms with Crippen LogP contribution in [0.15, 0.2) is 60.7 Å². The van der Waals surface area contributed by atoms with E-state index in [1.54, 1.807) is 36.4 Å². The molecule has 0 saturated heterocycles. The molecular formula is C16H16N2O3. The average molecular weight is 284 g/mol. The monoisotopic (exact) mass is 284 g/mol. The van der Waals surface area contributed by atoms with E-state index in [2.05, 4.69) is 5.43 Å². The average Bonchev–Trinajstić information content (AvgIpc) is 2.53. The van der Waals surface area contributed by atoms with E-state index in [-0.39, 0.29) is 0 Å². The van der Waals surface area contributed by atoms with Crippen molar-refractivity contribution in [1.29, 1.82) is 0 Å². The maximum atomic E-state index is 12.4. The highest BCUT2D eigenvalue weighted by Gasteiger charge is 2.27. The van der Waals surface area contributed by atoms with Crippen molar-refractivity contribution in [2.24, 2.45) is 5.92 Å². The van der Waals surface area contributed by atoms with Gasteiger partial charge < -0.3 is 5.11 Å². The molecule has 0 saturated carbocycles. The highest BCUT2D eigenvalue weighted by molar-refractivity contribution is 6.06. The van der Waals surface area contributed by atoms with Crippen molar-refractivity contribution in [3.8, 4) is 0 Å². The summed E-state index contributed by atoms with van der Waals surface area (Å²) < 4.78 is 0. The molecule has 5 nitrogen and oxygen atoms in total. The quantitative estimate of drug-likeness (QED) is 0.654. The van der Waals surface area contributed by atoms with E-state index in [4.69, 9.17) is 5.11 Å². The van der Waals surface area contributed by atoms with E-state index in [1.165, 1.54) is 11.9 Å². The van der Waals surface area contributed by atoms with Crippen molar-refractivity contribution < 1.29 is 14.7 Å². The first-order valence-electron chi connectivity index (χ1n) is 6.53. The molecular weight excluding hydrogens is 268 g/mol. The fourth-order valence-corrected chi connectivity index (χ4v) is 1.77. The van der Waals surface area contributed by atoms with Crippen molar-refractivity contribution in [2.75, 3.05) is 10.4 Å². The van der Waals surface area contributed by atoms with Gasteiger partial charge in [0, 0.05) is 0 Å². The molecule has 0 bridgehead atoms. The first-order valence-corrected chi connectivity index (χ1v) is 6.53. The number of hydrogen-bond donors (Lipinski definition) is 2. The maximum Gasteiger partial charge on any atom is 0.315 e. The van der Waals surface area contributed by atoms with E-state index in [9.17, 15) is 9.59 Å². The zero-order valence-corrected chi connectivity index (χ0v) is 11.6. The smallest absolute Gasteiger partial charge is 0.315 e. The number of carbonyl (C=O) groups is 2. The number of carbonyl (C=O) groups excluding carboxylic acids is 1. The van der Waals surface area contributed by atoms with Gasteiger partial charge in [-0.15, -0.1) is 0 Å². The van der Waals surface area contributed by atoms with Crippen molar-refractivity contribution >= 4 is 23.3 Å². The lowest BCUT2D eigenvalue weighted by Crippen LogP contribution is -2.42. The lowest BCUT2D eigenvalue weighted by Gasteiger charge is -2.26. The van der Waals surface area contributed by atoms with Crippen molar-refractivity contribution in [3.63, 3.8) is 0 Å². The Morgan fingerprint density at radius 3 is 2.05 bits per heavy atom. The Bertz CT molecular complexity index is 614. The first-order chi connectivity index (χ1) is 10.1. The second kappa shape index (κ2) is 6.56. The summed E-state index contributed by atoms with van der Waals surface area (Å²) in [5.41, 5.74) is 4.24. The van der Waals surface area contributed by atoms with E-state index < -0.39 is 17.8 Å². The Kier molecular flexibility index (Phi) is 4.56. The van der Waals surface area contributed by atoms with Crippen LogP contribution in [0.5, 0.6) is 0 Å². The fourth-order valence-electron chi connectivity index (χ4n) is 1.77. The molecule has 1 unspecified atom stereocenters. The third kappa shape index (κ3) is 3.60. The normalized spacial score (nSPS) is 11.5. The number of carboxylic acids is 1. The van der Waals surface area contributed by atoms with Crippen molar-refractivity contribution in [2.45, 2.75) is 6.92 Å². The van der Waals surface area contributed by atoms with Crippen LogP contribution in [0.1, 0.15) is 6.92 Å². The molecule has 0 aliphatic rings. The Hall–Kier alpha value is -2.82. The maximum absolute atomic E-state index is 12.4. The van der Waals surface area contributed by atoms with Gasteiger partial charge in [0.25, 0.3) is 5.91 Å². The number of anilines is 2. The standard InChI is InChI=1S/C16H16N2O3/c1-12(16(20)21)15(19)18(14-10-6-3-7-11-14)17-13-8-4-2-5-9-13/h2-12,17H,1H3,(H,20,21). The number of para-hydroxylation sites is 2. The van der Waals surface area contributed by atoms with E-state index >= 15 is 0 Å². The Morgan fingerprint density at radius 2 is 1.52 bits per heavy atom. The Labute approximate surface area is 122 Å². The molecule has 1 atom stereocenters. The van der Waals surface area contributed by atoms with Crippen LogP contribution in [-0.4, -0.2) is 17.0 Å². The van der Waals surface area contributed by atoms with E-state index in [1.807, 2.05) is 24.3 Å². The molecule has 0 heterocycles. The van der Waals surface area contributed by atoms with Crippen LogP contribution < -0.4 is 10.4 Å². The lowest BCUT2D eigenvalue weighted by molar-refractivity contribution is -0.145. The summed E-state index contributed by atoms with van der Waals surface area (Å²) >= 11 is 0. The number of hydrogen-bond acceptors (Lipinski definition) is 3. The van der Waals surface area contributed by atoms with Crippen LogP contribution in [-0.2, 0) is 9.59 Å². The number of carboxylic acid groups (broad SMARTS) is 1. The van der Waals surface area contributed by atoms with Gasteiger partial charge >= 0.3 is 5.97 Å². The number of rotatable bonds is 5. The summed E-state index contributed by atoms with van der Waals surface area (Å²) in [6, 6.07) is 18.0. The van der Waals surface area contributed by atoms with Gasteiger partial charge in [0.2, 0.25) is 0 Å². The molecule has 0 aromatic heterocycles. The molecule has 108 valence electrons. The summed E-state index contributed by atoms with van der Waals surface area (Å²) in [6.45, 7) is 1.37. The highest BCUT2D eigenvalue weighted by Crippen LogP contribution is 2.18. The molecule has 0 spiro atoms. The Morgan fingerprint density at radius 1 is 1.00 bits per heavy atom. The second-order valence-electron chi connectivity index (χ2n) is 4.55. The van der Waals surface area contributed by atoms with Gasteiger partial charge in [-0.2, -0.15) is 0 Å². The number of aliphatic carboxylic acids is 1. The third-order valence-electron chi connectivity index (χ3n) is 2.99. The van der Waals surface area contributed by atoms with Crippen LogP contribution >= 0.6 is 0 Å². The third-order valence-corrected chi connectivity index (χ3v) is 2.99. The molecule has 2 aromatic rings. The number of nitrogens with one attached hydrogen (secondary N) is 1. The number of hydrazine groups is 1. The zero-order chi connectivity index (χ0) is 15.2. The summed E-state index contributed by atoms with van der Waals surface area (Å²) in [6.07, 6.45) is 0. The molecule has 5 heteroatoms. The van der Waals surface area contributed by atoms with Gasteiger partial charge in [-0.05, 0) is 31.2 Å². The van der Waals surface area contributed by atoms with Gasteiger partial charge in [-0.3, -0.25) is 15.0 Å².